The summed E-state index contributed by atoms with van der Waals surface area (Å²) in [5.74, 6) is -0.0107. The van der Waals surface area contributed by atoms with E-state index < -0.39 is 6.67 Å². The van der Waals surface area contributed by atoms with E-state index in [0.29, 0.717) is 6.42 Å². The van der Waals surface area contributed by atoms with Crippen molar-refractivity contribution in [2.24, 2.45) is 5.92 Å². The first-order valence-corrected chi connectivity index (χ1v) is 3.10. The molecule has 2 atom stereocenters. The number of rotatable bonds is 1. The Labute approximate surface area is 53.4 Å². The molecule has 0 saturated carbocycles. The molecule has 1 amide bonds. The SMILES string of the molecule is C[C@H]1C[C@@H](CF)NC1=O. The second-order valence-electron chi connectivity index (χ2n) is 2.50. The van der Waals surface area contributed by atoms with Crippen LogP contribution < -0.4 is 5.32 Å². The summed E-state index contributed by atoms with van der Waals surface area (Å²) in [4.78, 5) is 10.7. The molecule has 1 aliphatic heterocycles. The first-order chi connectivity index (χ1) is 4.24. The van der Waals surface area contributed by atoms with Gasteiger partial charge in [-0.3, -0.25) is 4.79 Å². The van der Waals surface area contributed by atoms with Crippen molar-refractivity contribution < 1.29 is 9.18 Å². The van der Waals surface area contributed by atoms with Gasteiger partial charge >= 0.3 is 0 Å². The van der Waals surface area contributed by atoms with Crippen LogP contribution in [0.4, 0.5) is 4.39 Å². The van der Waals surface area contributed by atoms with Crippen molar-refractivity contribution in [1.82, 2.24) is 5.32 Å². The van der Waals surface area contributed by atoms with Crippen molar-refractivity contribution in [3.63, 3.8) is 0 Å². The number of hydrogen-bond donors (Lipinski definition) is 1. The molecule has 52 valence electrons. The summed E-state index contributed by atoms with van der Waals surface area (Å²) >= 11 is 0. The Kier molecular flexibility index (Phi) is 1.69. The molecule has 1 N–H and O–H groups in total. The van der Waals surface area contributed by atoms with Crippen molar-refractivity contribution in [3.05, 3.63) is 0 Å². The van der Waals surface area contributed by atoms with Crippen LogP contribution in [0.25, 0.3) is 0 Å². The van der Waals surface area contributed by atoms with Gasteiger partial charge < -0.3 is 5.32 Å². The molecule has 0 aromatic rings. The summed E-state index contributed by atoms with van der Waals surface area (Å²) in [6.45, 7) is 1.38. The van der Waals surface area contributed by atoms with Gasteiger partial charge in [0.25, 0.3) is 0 Å². The molecule has 1 rings (SSSR count). The van der Waals surface area contributed by atoms with E-state index in [1.807, 2.05) is 6.92 Å². The quantitative estimate of drug-likeness (QED) is 0.551. The maximum atomic E-state index is 11.8. The van der Waals surface area contributed by atoms with Gasteiger partial charge in [0.2, 0.25) is 5.91 Å². The van der Waals surface area contributed by atoms with Gasteiger partial charge in [-0.1, -0.05) is 6.92 Å². The number of alkyl halides is 1. The van der Waals surface area contributed by atoms with Crippen LogP contribution in [-0.4, -0.2) is 18.6 Å². The summed E-state index contributed by atoms with van der Waals surface area (Å²) in [5.41, 5.74) is 0. The molecule has 0 spiro atoms. The molecule has 1 saturated heterocycles. The fourth-order valence-electron chi connectivity index (χ4n) is 1.04. The number of carbonyl (C=O) groups is 1. The van der Waals surface area contributed by atoms with Crippen LogP contribution in [0.15, 0.2) is 0 Å². The standard InChI is InChI=1S/C6H10FNO/c1-4-2-5(3-7)8-6(4)9/h4-5H,2-3H2,1H3,(H,8,9)/t4-,5-/m0/s1. The van der Waals surface area contributed by atoms with E-state index in [-0.39, 0.29) is 17.9 Å². The number of amides is 1. The highest BCUT2D eigenvalue weighted by Gasteiger charge is 2.27. The highest BCUT2D eigenvalue weighted by atomic mass is 19.1. The van der Waals surface area contributed by atoms with Crippen LogP contribution in [0.3, 0.4) is 0 Å². The lowest BCUT2D eigenvalue weighted by Gasteiger charge is -1.99. The molecule has 3 heteroatoms. The normalized spacial score (nSPS) is 34.7. The fraction of sp³-hybridized carbons (Fsp3) is 0.833. The number of carbonyl (C=O) groups excluding carboxylic acids is 1. The van der Waals surface area contributed by atoms with Gasteiger partial charge in [-0.05, 0) is 6.42 Å². The molecule has 0 aromatic carbocycles. The maximum Gasteiger partial charge on any atom is 0.223 e. The van der Waals surface area contributed by atoms with Crippen LogP contribution in [0.1, 0.15) is 13.3 Å². The number of nitrogens with one attached hydrogen (secondary N) is 1. The lowest BCUT2D eigenvalue weighted by Crippen LogP contribution is -2.27. The van der Waals surface area contributed by atoms with Crippen molar-refractivity contribution in [2.45, 2.75) is 19.4 Å². The zero-order valence-electron chi connectivity index (χ0n) is 5.36. The Morgan fingerprint density at radius 3 is 2.78 bits per heavy atom. The highest BCUT2D eigenvalue weighted by Crippen LogP contribution is 2.13. The largest absolute Gasteiger partial charge is 0.350 e. The molecule has 1 heterocycles. The van der Waals surface area contributed by atoms with Crippen molar-refractivity contribution in [1.29, 1.82) is 0 Å². The summed E-state index contributed by atoms with van der Waals surface area (Å²) in [5, 5.41) is 2.54. The van der Waals surface area contributed by atoms with Crippen LogP contribution in [-0.2, 0) is 4.79 Å². The third kappa shape index (κ3) is 1.20. The molecule has 9 heavy (non-hydrogen) atoms. The monoisotopic (exact) mass is 131 g/mol. The van der Waals surface area contributed by atoms with E-state index in [0.717, 1.165) is 0 Å². The first kappa shape index (κ1) is 6.52. The molecule has 0 aromatic heterocycles. The Morgan fingerprint density at radius 1 is 1.89 bits per heavy atom. The molecule has 2 nitrogen and oxygen atoms in total. The Balaban J connectivity index is 2.44. The lowest BCUT2D eigenvalue weighted by atomic mass is 10.1. The minimum absolute atomic E-state index is 0.00532. The topological polar surface area (TPSA) is 29.1 Å². The molecule has 0 radical (unpaired) electrons. The smallest absolute Gasteiger partial charge is 0.223 e. The zero-order chi connectivity index (χ0) is 6.85. The summed E-state index contributed by atoms with van der Waals surface area (Å²) in [7, 11) is 0. The maximum absolute atomic E-state index is 11.8. The molecular formula is C6H10FNO. The molecule has 1 aliphatic rings. The number of hydrogen-bond acceptors (Lipinski definition) is 1. The third-order valence-electron chi connectivity index (χ3n) is 1.62. The van der Waals surface area contributed by atoms with E-state index in [1.54, 1.807) is 0 Å². The van der Waals surface area contributed by atoms with Crippen LogP contribution >= 0.6 is 0 Å². The van der Waals surface area contributed by atoms with Gasteiger partial charge in [0.05, 0.1) is 6.04 Å². The third-order valence-corrected chi connectivity index (χ3v) is 1.62. The Hall–Kier alpha value is -0.600. The molecule has 0 aliphatic carbocycles. The average Bonchev–Trinajstić information content (AvgIpc) is 2.13. The summed E-state index contributed by atoms with van der Waals surface area (Å²) in [6, 6.07) is -0.215. The van der Waals surface area contributed by atoms with Gasteiger partial charge in [-0.2, -0.15) is 0 Å². The summed E-state index contributed by atoms with van der Waals surface area (Å²) in [6.07, 6.45) is 0.648. The fourth-order valence-corrected chi connectivity index (χ4v) is 1.04. The van der Waals surface area contributed by atoms with E-state index in [1.165, 1.54) is 0 Å². The second-order valence-corrected chi connectivity index (χ2v) is 2.50. The Morgan fingerprint density at radius 2 is 2.56 bits per heavy atom. The van der Waals surface area contributed by atoms with E-state index in [9.17, 15) is 9.18 Å². The van der Waals surface area contributed by atoms with Crippen molar-refractivity contribution >= 4 is 5.91 Å². The van der Waals surface area contributed by atoms with Crippen LogP contribution in [0.2, 0.25) is 0 Å². The molecule has 0 unspecified atom stereocenters. The minimum atomic E-state index is -0.434. The van der Waals surface area contributed by atoms with E-state index in [2.05, 4.69) is 5.32 Å². The first-order valence-electron chi connectivity index (χ1n) is 3.10. The molecule has 0 bridgehead atoms. The molecule has 1 fully saturated rings. The molecular weight excluding hydrogens is 121 g/mol. The zero-order valence-corrected chi connectivity index (χ0v) is 5.36. The van der Waals surface area contributed by atoms with Gasteiger partial charge in [0, 0.05) is 5.92 Å². The van der Waals surface area contributed by atoms with Crippen LogP contribution in [0, 0.1) is 5.92 Å². The minimum Gasteiger partial charge on any atom is -0.350 e. The van der Waals surface area contributed by atoms with E-state index >= 15 is 0 Å². The predicted molar refractivity (Wildman–Crippen MR) is 31.7 cm³/mol. The van der Waals surface area contributed by atoms with E-state index in [4.69, 9.17) is 0 Å². The van der Waals surface area contributed by atoms with Crippen molar-refractivity contribution in [2.75, 3.05) is 6.67 Å². The van der Waals surface area contributed by atoms with Gasteiger partial charge in [-0.15, -0.1) is 0 Å². The van der Waals surface area contributed by atoms with Crippen molar-refractivity contribution in [3.8, 4) is 0 Å². The Bertz CT molecular complexity index is 126. The van der Waals surface area contributed by atoms with Gasteiger partial charge in [-0.25, -0.2) is 4.39 Å². The predicted octanol–water partition coefficient (Wildman–Crippen LogP) is 0.480. The van der Waals surface area contributed by atoms with Gasteiger partial charge in [0.1, 0.15) is 6.67 Å². The second kappa shape index (κ2) is 2.33. The number of halogens is 1. The summed E-state index contributed by atoms with van der Waals surface area (Å²) < 4.78 is 11.8. The lowest BCUT2D eigenvalue weighted by molar-refractivity contribution is -0.122. The van der Waals surface area contributed by atoms with Gasteiger partial charge in [0.15, 0.2) is 0 Å². The highest BCUT2D eigenvalue weighted by molar-refractivity contribution is 5.80. The van der Waals surface area contributed by atoms with Crippen LogP contribution in [0.5, 0.6) is 0 Å². The average molecular weight is 131 g/mol.